The van der Waals surface area contributed by atoms with Crippen LogP contribution in [0.1, 0.15) is 68.2 Å². The Balaban J connectivity index is 2.89. The second kappa shape index (κ2) is 8.87. The maximum absolute atomic E-state index is 13.0. The van der Waals surface area contributed by atoms with Crippen molar-refractivity contribution in [2.24, 2.45) is 17.3 Å². The third-order valence-electron chi connectivity index (χ3n) is 5.05. The molecule has 1 fully saturated rings. The first-order chi connectivity index (χ1) is 11.9. The van der Waals surface area contributed by atoms with Crippen LogP contribution >= 0.6 is 0 Å². The Morgan fingerprint density at radius 2 is 1.62 bits per heavy atom. The molecular formula is C20H37N3O3. The van der Waals surface area contributed by atoms with Gasteiger partial charge in [0.1, 0.15) is 6.04 Å². The molecule has 1 heterocycles. The fraction of sp³-hybridized carbons (Fsp3) is 0.850. The van der Waals surface area contributed by atoms with Crippen LogP contribution in [0, 0.1) is 17.3 Å². The fourth-order valence-corrected chi connectivity index (χ4v) is 3.31. The number of urea groups is 1. The van der Waals surface area contributed by atoms with Gasteiger partial charge < -0.3 is 15.5 Å². The molecular weight excluding hydrogens is 330 g/mol. The number of Topliss-reactive ketones (excluding diaryl/α,β-unsaturated/α-hetero) is 1. The molecule has 1 aliphatic heterocycles. The molecule has 3 amide bonds. The summed E-state index contributed by atoms with van der Waals surface area (Å²) in [5, 5.41) is 5.63. The lowest BCUT2D eigenvalue weighted by molar-refractivity contribution is -0.136. The minimum atomic E-state index is -0.634. The Labute approximate surface area is 158 Å². The first-order valence-corrected chi connectivity index (χ1v) is 9.77. The highest BCUT2D eigenvalue weighted by molar-refractivity contribution is 5.92. The largest absolute Gasteiger partial charge is 0.338 e. The van der Waals surface area contributed by atoms with E-state index in [2.05, 4.69) is 10.6 Å². The van der Waals surface area contributed by atoms with Crippen molar-refractivity contribution in [3.63, 3.8) is 0 Å². The van der Waals surface area contributed by atoms with Crippen molar-refractivity contribution in [1.29, 1.82) is 0 Å². The highest BCUT2D eigenvalue weighted by Crippen LogP contribution is 2.25. The van der Waals surface area contributed by atoms with E-state index in [0.717, 1.165) is 19.4 Å². The predicted molar refractivity (Wildman–Crippen MR) is 104 cm³/mol. The quantitative estimate of drug-likeness (QED) is 0.757. The average molecular weight is 368 g/mol. The summed E-state index contributed by atoms with van der Waals surface area (Å²) in [5.74, 6) is -0.220. The zero-order valence-corrected chi connectivity index (χ0v) is 17.7. The summed E-state index contributed by atoms with van der Waals surface area (Å²) in [6.45, 7) is 16.1. The molecule has 1 saturated heterocycles. The second-order valence-corrected chi connectivity index (χ2v) is 9.22. The SMILES string of the molecule is CC(C)C(=O)C(NC(=O)NC(C(=O)N1CCCC1C)C(C)(C)C)C(C)C. The topological polar surface area (TPSA) is 78.5 Å². The predicted octanol–water partition coefficient (Wildman–Crippen LogP) is 2.96. The Morgan fingerprint density at radius 3 is 2.00 bits per heavy atom. The molecule has 26 heavy (non-hydrogen) atoms. The maximum Gasteiger partial charge on any atom is 0.316 e. The number of carbonyl (C=O) groups is 3. The molecule has 3 atom stereocenters. The van der Waals surface area contributed by atoms with Gasteiger partial charge >= 0.3 is 6.03 Å². The van der Waals surface area contributed by atoms with E-state index in [9.17, 15) is 14.4 Å². The van der Waals surface area contributed by atoms with E-state index < -0.39 is 23.5 Å². The molecule has 0 saturated carbocycles. The van der Waals surface area contributed by atoms with Crippen LogP contribution in [-0.4, -0.2) is 47.3 Å². The number of amides is 3. The van der Waals surface area contributed by atoms with E-state index in [1.165, 1.54) is 0 Å². The van der Waals surface area contributed by atoms with Gasteiger partial charge in [-0.15, -0.1) is 0 Å². The molecule has 6 nitrogen and oxygen atoms in total. The molecule has 3 unspecified atom stereocenters. The monoisotopic (exact) mass is 367 g/mol. The number of likely N-dealkylation sites (tertiary alicyclic amines) is 1. The summed E-state index contributed by atoms with van der Waals surface area (Å²) in [6, 6.07) is -1.46. The van der Waals surface area contributed by atoms with Gasteiger partial charge in [-0.2, -0.15) is 0 Å². The van der Waals surface area contributed by atoms with Gasteiger partial charge in [-0.25, -0.2) is 4.79 Å². The van der Waals surface area contributed by atoms with Crippen LogP contribution in [0.2, 0.25) is 0 Å². The van der Waals surface area contributed by atoms with Gasteiger partial charge in [0.05, 0.1) is 6.04 Å². The van der Waals surface area contributed by atoms with Crippen molar-refractivity contribution in [3.8, 4) is 0 Å². The first-order valence-electron chi connectivity index (χ1n) is 9.77. The van der Waals surface area contributed by atoms with E-state index in [1.54, 1.807) is 0 Å². The van der Waals surface area contributed by atoms with Gasteiger partial charge in [0.25, 0.3) is 0 Å². The molecule has 0 aromatic heterocycles. The van der Waals surface area contributed by atoms with Crippen LogP contribution < -0.4 is 10.6 Å². The summed E-state index contributed by atoms with van der Waals surface area (Å²) in [7, 11) is 0. The number of carbonyl (C=O) groups excluding carboxylic acids is 3. The Hall–Kier alpha value is -1.59. The van der Waals surface area contributed by atoms with Crippen molar-refractivity contribution in [3.05, 3.63) is 0 Å². The van der Waals surface area contributed by atoms with E-state index in [0.29, 0.717) is 0 Å². The first kappa shape index (κ1) is 22.5. The van der Waals surface area contributed by atoms with E-state index in [4.69, 9.17) is 0 Å². The molecule has 2 N–H and O–H groups in total. The Morgan fingerprint density at radius 1 is 1.04 bits per heavy atom. The van der Waals surface area contributed by atoms with Gasteiger partial charge in [0.2, 0.25) is 5.91 Å². The van der Waals surface area contributed by atoms with Gasteiger partial charge in [-0.05, 0) is 31.1 Å². The molecule has 0 radical (unpaired) electrons. The molecule has 0 bridgehead atoms. The van der Waals surface area contributed by atoms with Crippen LogP contribution in [0.4, 0.5) is 4.79 Å². The average Bonchev–Trinajstić information content (AvgIpc) is 2.93. The van der Waals surface area contributed by atoms with Crippen LogP contribution in [0.15, 0.2) is 0 Å². The van der Waals surface area contributed by atoms with Gasteiger partial charge in [0, 0.05) is 18.5 Å². The standard InChI is InChI=1S/C20H37N3O3/c1-12(2)15(16(24)13(3)4)21-19(26)22-17(20(6,7)8)18(25)23-11-9-10-14(23)5/h12-15,17H,9-11H2,1-8H3,(H2,21,22,26). The van der Waals surface area contributed by atoms with Crippen molar-refractivity contribution in [2.45, 2.75) is 86.4 Å². The third kappa shape index (κ3) is 5.71. The van der Waals surface area contributed by atoms with E-state index in [1.807, 2.05) is 60.3 Å². The van der Waals surface area contributed by atoms with E-state index in [-0.39, 0.29) is 29.6 Å². The van der Waals surface area contributed by atoms with Crippen molar-refractivity contribution >= 4 is 17.7 Å². The zero-order valence-electron chi connectivity index (χ0n) is 17.7. The Bertz CT molecular complexity index is 523. The highest BCUT2D eigenvalue weighted by atomic mass is 16.2. The normalized spacial score (nSPS) is 20.2. The number of nitrogens with one attached hydrogen (secondary N) is 2. The van der Waals surface area contributed by atoms with Crippen LogP contribution in [0.25, 0.3) is 0 Å². The minimum absolute atomic E-state index is 0.00181. The minimum Gasteiger partial charge on any atom is -0.338 e. The summed E-state index contributed by atoms with van der Waals surface area (Å²) in [5.41, 5.74) is -0.424. The van der Waals surface area contributed by atoms with Gasteiger partial charge in [0.15, 0.2) is 5.78 Å². The Kier molecular flexibility index (Phi) is 7.66. The summed E-state index contributed by atoms with van der Waals surface area (Å²) in [4.78, 5) is 39.8. The van der Waals surface area contributed by atoms with Crippen LogP contribution in [-0.2, 0) is 9.59 Å². The number of hydrogen-bond donors (Lipinski definition) is 2. The van der Waals surface area contributed by atoms with Gasteiger partial charge in [-0.1, -0.05) is 48.5 Å². The number of rotatable bonds is 6. The smallest absolute Gasteiger partial charge is 0.316 e. The number of hydrogen-bond acceptors (Lipinski definition) is 3. The summed E-state index contributed by atoms with van der Waals surface area (Å²) < 4.78 is 0. The summed E-state index contributed by atoms with van der Waals surface area (Å²) in [6.07, 6.45) is 1.99. The number of nitrogens with zero attached hydrogens (tertiary/aromatic N) is 1. The lowest BCUT2D eigenvalue weighted by Gasteiger charge is -2.35. The molecule has 1 aliphatic rings. The van der Waals surface area contributed by atoms with Crippen LogP contribution in [0.5, 0.6) is 0 Å². The lowest BCUT2D eigenvalue weighted by atomic mass is 9.85. The molecule has 150 valence electrons. The highest BCUT2D eigenvalue weighted by Gasteiger charge is 2.39. The lowest BCUT2D eigenvalue weighted by Crippen LogP contribution is -2.59. The summed E-state index contributed by atoms with van der Waals surface area (Å²) >= 11 is 0. The van der Waals surface area contributed by atoms with Crippen molar-refractivity contribution in [1.82, 2.24) is 15.5 Å². The molecule has 0 aromatic rings. The van der Waals surface area contributed by atoms with Crippen molar-refractivity contribution in [2.75, 3.05) is 6.54 Å². The van der Waals surface area contributed by atoms with Gasteiger partial charge in [-0.3, -0.25) is 9.59 Å². The second-order valence-electron chi connectivity index (χ2n) is 9.22. The fourth-order valence-electron chi connectivity index (χ4n) is 3.31. The van der Waals surface area contributed by atoms with E-state index >= 15 is 0 Å². The molecule has 0 aromatic carbocycles. The molecule has 0 spiro atoms. The van der Waals surface area contributed by atoms with Crippen molar-refractivity contribution < 1.29 is 14.4 Å². The molecule has 1 rings (SSSR count). The molecule has 6 heteroatoms. The molecule has 0 aliphatic carbocycles. The maximum atomic E-state index is 13.0. The number of ketones is 1. The third-order valence-corrected chi connectivity index (χ3v) is 5.05. The van der Waals surface area contributed by atoms with Crippen LogP contribution in [0.3, 0.4) is 0 Å². The zero-order chi connectivity index (χ0) is 20.2.